The molecule has 0 aliphatic rings. The van der Waals surface area contributed by atoms with Gasteiger partial charge in [-0.1, -0.05) is 30.3 Å². The van der Waals surface area contributed by atoms with Crippen LogP contribution in [0, 0.1) is 13.8 Å². The Bertz CT molecular complexity index is 818. The van der Waals surface area contributed by atoms with E-state index < -0.39 is 0 Å². The molecule has 3 rings (SSSR count). The van der Waals surface area contributed by atoms with E-state index >= 15 is 0 Å². The molecule has 1 heterocycles. The van der Waals surface area contributed by atoms with Crippen LogP contribution < -0.4 is 5.56 Å². The van der Waals surface area contributed by atoms with Gasteiger partial charge in [0.05, 0.1) is 11.1 Å². The Kier molecular flexibility index (Phi) is 2.67. The Hall–Kier alpha value is -2.42. The number of nitrogens with zero attached hydrogens (tertiary/aromatic N) is 1. The molecule has 0 amide bonds. The summed E-state index contributed by atoms with van der Waals surface area (Å²) in [6.07, 6.45) is 0. The molecule has 0 saturated carbocycles. The van der Waals surface area contributed by atoms with Crippen molar-refractivity contribution < 1.29 is 0 Å². The second-order valence-corrected chi connectivity index (χ2v) is 4.75. The van der Waals surface area contributed by atoms with E-state index in [1.807, 2.05) is 30.3 Å². The van der Waals surface area contributed by atoms with Gasteiger partial charge in [-0.2, -0.15) is 5.10 Å². The third-order valence-corrected chi connectivity index (χ3v) is 3.48. The molecule has 1 N–H and O–H groups in total. The average molecular weight is 250 g/mol. The fraction of sp³-hybridized carbons (Fsp3) is 0.125. The van der Waals surface area contributed by atoms with E-state index in [0.717, 1.165) is 16.6 Å². The molecule has 0 saturated heterocycles. The fourth-order valence-corrected chi connectivity index (χ4v) is 2.22. The highest BCUT2D eigenvalue weighted by atomic mass is 16.1. The van der Waals surface area contributed by atoms with E-state index in [9.17, 15) is 4.79 Å². The van der Waals surface area contributed by atoms with Gasteiger partial charge in [-0.25, -0.2) is 5.10 Å². The van der Waals surface area contributed by atoms with Crippen molar-refractivity contribution in [1.82, 2.24) is 10.2 Å². The molecule has 3 nitrogen and oxygen atoms in total. The van der Waals surface area contributed by atoms with Gasteiger partial charge in [-0.05, 0) is 37.1 Å². The molecule has 0 unspecified atom stereocenters. The number of rotatable bonds is 1. The third kappa shape index (κ3) is 1.93. The predicted molar refractivity (Wildman–Crippen MR) is 77.3 cm³/mol. The normalized spacial score (nSPS) is 10.8. The van der Waals surface area contributed by atoms with Crippen molar-refractivity contribution in [3.05, 3.63) is 63.9 Å². The van der Waals surface area contributed by atoms with Gasteiger partial charge < -0.3 is 0 Å². The van der Waals surface area contributed by atoms with E-state index in [1.165, 1.54) is 11.1 Å². The minimum atomic E-state index is -0.150. The highest BCUT2D eigenvalue weighted by molar-refractivity contribution is 5.93. The lowest BCUT2D eigenvalue weighted by atomic mass is 10.0. The number of aromatic nitrogens is 2. The molecule has 3 aromatic rings. The lowest BCUT2D eigenvalue weighted by Gasteiger charge is -2.07. The number of hydrogen-bond acceptors (Lipinski definition) is 2. The molecule has 0 radical (unpaired) electrons. The summed E-state index contributed by atoms with van der Waals surface area (Å²) in [6.45, 7) is 4.16. The molecule has 0 aliphatic carbocycles. The molecular weight excluding hydrogens is 236 g/mol. The van der Waals surface area contributed by atoms with Crippen molar-refractivity contribution >= 4 is 10.8 Å². The van der Waals surface area contributed by atoms with E-state index in [0.29, 0.717) is 5.39 Å². The summed E-state index contributed by atoms with van der Waals surface area (Å²) >= 11 is 0. The molecule has 1 aromatic heterocycles. The monoisotopic (exact) mass is 250 g/mol. The molecule has 94 valence electrons. The van der Waals surface area contributed by atoms with Gasteiger partial charge in [-0.3, -0.25) is 4.79 Å². The topological polar surface area (TPSA) is 45.8 Å². The average Bonchev–Trinajstić information content (AvgIpc) is 2.43. The van der Waals surface area contributed by atoms with Crippen molar-refractivity contribution in [3.63, 3.8) is 0 Å². The number of nitrogens with one attached hydrogen (secondary N) is 1. The summed E-state index contributed by atoms with van der Waals surface area (Å²) in [7, 11) is 0. The van der Waals surface area contributed by atoms with Crippen LogP contribution in [0.3, 0.4) is 0 Å². The zero-order valence-corrected chi connectivity index (χ0v) is 10.9. The maximum atomic E-state index is 11.8. The van der Waals surface area contributed by atoms with E-state index in [1.54, 1.807) is 0 Å². The molecular formula is C16H14N2O. The first kappa shape index (κ1) is 11.7. The molecule has 0 spiro atoms. The zero-order chi connectivity index (χ0) is 13.4. The number of hydrogen-bond donors (Lipinski definition) is 1. The molecule has 0 atom stereocenters. The minimum absolute atomic E-state index is 0.150. The van der Waals surface area contributed by atoms with Crippen LogP contribution in [-0.2, 0) is 0 Å². The number of H-pyrrole nitrogens is 1. The molecule has 0 bridgehead atoms. The van der Waals surface area contributed by atoms with E-state index in [-0.39, 0.29) is 5.56 Å². The van der Waals surface area contributed by atoms with Crippen LogP contribution in [0.15, 0.2) is 47.3 Å². The summed E-state index contributed by atoms with van der Waals surface area (Å²) in [4.78, 5) is 11.8. The Labute approximate surface area is 110 Å². The first-order valence-electron chi connectivity index (χ1n) is 6.22. The Morgan fingerprint density at radius 1 is 0.947 bits per heavy atom. The summed E-state index contributed by atoms with van der Waals surface area (Å²) in [5, 5.41) is 8.34. The number of benzene rings is 2. The van der Waals surface area contributed by atoms with E-state index in [4.69, 9.17) is 0 Å². The van der Waals surface area contributed by atoms with Gasteiger partial charge in [0.2, 0.25) is 0 Å². The fourth-order valence-electron chi connectivity index (χ4n) is 2.22. The van der Waals surface area contributed by atoms with Crippen molar-refractivity contribution in [2.45, 2.75) is 13.8 Å². The zero-order valence-electron chi connectivity index (χ0n) is 10.9. The summed E-state index contributed by atoms with van der Waals surface area (Å²) < 4.78 is 0. The Morgan fingerprint density at radius 2 is 1.68 bits per heavy atom. The molecule has 19 heavy (non-hydrogen) atoms. The predicted octanol–water partition coefficient (Wildman–Crippen LogP) is 3.21. The van der Waals surface area contributed by atoms with Crippen LogP contribution in [-0.4, -0.2) is 10.2 Å². The largest absolute Gasteiger partial charge is 0.272 e. The second-order valence-electron chi connectivity index (χ2n) is 4.75. The van der Waals surface area contributed by atoms with Crippen LogP contribution in [0.2, 0.25) is 0 Å². The highest BCUT2D eigenvalue weighted by Gasteiger charge is 2.08. The van der Waals surface area contributed by atoms with Crippen LogP contribution in [0.1, 0.15) is 11.1 Å². The molecule has 2 aromatic carbocycles. The van der Waals surface area contributed by atoms with Crippen molar-refractivity contribution in [3.8, 4) is 11.3 Å². The lowest BCUT2D eigenvalue weighted by molar-refractivity contribution is 1.02. The lowest BCUT2D eigenvalue weighted by Crippen LogP contribution is -2.09. The molecule has 0 aliphatic heterocycles. The van der Waals surface area contributed by atoms with Crippen LogP contribution in [0.5, 0.6) is 0 Å². The highest BCUT2D eigenvalue weighted by Crippen LogP contribution is 2.25. The van der Waals surface area contributed by atoms with Gasteiger partial charge in [0.1, 0.15) is 0 Å². The summed E-state index contributed by atoms with van der Waals surface area (Å²) in [5.74, 6) is 0. The Morgan fingerprint density at radius 3 is 2.42 bits per heavy atom. The first-order valence-corrected chi connectivity index (χ1v) is 6.22. The van der Waals surface area contributed by atoms with E-state index in [2.05, 4.69) is 36.2 Å². The maximum Gasteiger partial charge on any atom is 0.272 e. The van der Waals surface area contributed by atoms with Crippen LogP contribution in [0.4, 0.5) is 0 Å². The number of fused-ring (bicyclic) bond motifs is 1. The van der Waals surface area contributed by atoms with Crippen molar-refractivity contribution in [2.75, 3.05) is 0 Å². The molecule has 3 heteroatoms. The first-order chi connectivity index (χ1) is 9.16. The van der Waals surface area contributed by atoms with Gasteiger partial charge >= 0.3 is 0 Å². The summed E-state index contributed by atoms with van der Waals surface area (Å²) in [5.41, 5.74) is 4.16. The van der Waals surface area contributed by atoms with Gasteiger partial charge in [0, 0.05) is 10.9 Å². The second kappa shape index (κ2) is 4.35. The quantitative estimate of drug-likeness (QED) is 0.720. The van der Waals surface area contributed by atoms with Crippen molar-refractivity contribution in [2.24, 2.45) is 0 Å². The van der Waals surface area contributed by atoms with Gasteiger partial charge in [0.25, 0.3) is 5.56 Å². The van der Waals surface area contributed by atoms with Crippen LogP contribution >= 0.6 is 0 Å². The Balaban J connectivity index is 2.34. The smallest absolute Gasteiger partial charge is 0.267 e. The number of aromatic amines is 1. The summed E-state index contributed by atoms with van der Waals surface area (Å²) in [6, 6.07) is 13.8. The van der Waals surface area contributed by atoms with Crippen molar-refractivity contribution in [1.29, 1.82) is 0 Å². The maximum absolute atomic E-state index is 11.8. The molecule has 0 fully saturated rings. The minimum Gasteiger partial charge on any atom is -0.267 e. The third-order valence-electron chi connectivity index (χ3n) is 3.48. The van der Waals surface area contributed by atoms with Gasteiger partial charge in [-0.15, -0.1) is 0 Å². The standard InChI is InChI=1S/C16H14N2O/c1-10-7-8-12(9-11(10)2)15-13-5-3-4-6-14(13)16(19)18-17-15/h3-9H,1-2H3,(H,18,19). The number of aryl methyl sites for hydroxylation is 2. The SMILES string of the molecule is Cc1ccc(-c2n[nH]c(=O)c3ccccc23)cc1C. The van der Waals surface area contributed by atoms with Crippen LogP contribution in [0.25, 0.3) is 22.0 Å². The van der Waals surface area contributed by atoms with Gasteiger partial charge in [0.15, 0.2) is 0 Å².